The number of aliphatic hydroxyl groups is 1. The van der Waals surface area contributed by atoms with E-state index >= 15 is 0 Å². The Morgan fingerprint density at radius 2 is 1.80 bits per heavy atom. The first-order chi connectivity index (χ1) is 14.6. The van der Waals surface area contributed by atoms with Crippen LogP contribution in [0.15, 0.2) is 48.5 Å². The fourth-order valence-electron chi connectivity index (χ4n) is 4.58. The number of likely N-dealkylation sites (tertiary alicyclic amines) is 1. The fraction of sp³-hybridized carbons (Fsp3) is 0.360. The highest BCUT2D eigenvalue weighted by molar-refractivity contribution is 5.82. The maximum atomic E-state index is 13.7. The van der Waals surface area contributed by atoms with E-state index < -0.39 is 6.04 Å². The van der Waals surface area contributed by atoms with Gasteiger partial charge in [-0.2, -0.15) is 5.26 Å². The zero-order valence-electron chi connectivity index (χ0n) is 16.6. The van der Waals surface area contributed by atoms with E-state index in [-0.39, 0.29) is 36.2 Å². The summed E-state index contributed by atoms with van der Waals surface area (Å²) < 4.78 is 13.7. The molecule has 1 aliphatic heterocycles. The van der Waals surface area contributed by atoms with Crippen molar-refractivity contribution in [3.8, 4) is 17.9 Å². The van der Waals surface area contributed by atoms with Gasteiger partial charge in [-0.25, -0.2) is 4.39 Å². The zero-order chi connectivity index (χ0) is 21.1. The van der Waals surface area contributed by atoms with Gasteiger partial charge in [-0.05, 0) is 42.7 Å². The number of aliphatic hydroxyl groups excluding tert-OH is 1. The number of nitriles is 1. The molecule has 0 bridgehead atoms. The second-order valence-corrected chi connectivity index (χ2v) is 7.93. The third-order valence-corrected chi connectivity index (χ3v) is 6.20. The summed E-state index contributed by atoms with van der Waals surface area (Å²) in [5, 5.41) is 19.6. The van der Waals surface area contributed by atoms with Crippen molar-refractivity contribution in [2.75, 3.05) is 6.61 Å². The van der Waals surface area contributed by atoms with Gasteiger partial charge >= 0.3 is 0 Å². The van der Waals surface area contributed by atoms with Gasteiger partial charge in [-0.15, -0.1) is 0 Å². The lowest BCUT2D eigenvalue weighted by molar-refractivity contribution is -0.151. The number of hydrogen-bond donors (Lipinski definition) is 1. The van der Waals surface area contributed by atoms with Gasteiger partial charge in [0.1, 0.15) is 11.9 Å². The van der Waals surface area contributed by atoms with E-state index in [1.807, 2.05) is 24.3 Å². The molecule has 5 heteroatoms. The Morgan fingerprint density at radius 1 is 1.10 bits per heavy atom. The lowest BCUT2D eigenvalue weighted by Gasteiger charge is -2.52. The van der Waals surface area contributed by atoms with Crippen LogP contribution in [-0.2, 0) is 4.79 Å². The highest BCUT2D eigenvalue weighted by Crippen LogP contribution is 2.42. The minimum absolute atomic E-state index is 0.00160. The average molecular weight is 402 g/mol. The highest BCUT2D eigenvalue weighted by Gasteiger charge is 2.52. The SMILES string of the molecule is N#C[C@@H]1[C@@H](c2ccc(C#Cc3ccccc3F)cc2)[C@@H](CO)N1C(=O)C1CCCC1. The van der Waals surface area contributed by atoms with Gasteiger partial charge in [-0.3, -0.25) is 4.79 Å². The third kappa shape index (κ3) is 3.70. The number of amides is 1. The van der Waals surface area contributed by atoms with Crippen LogP contribution < -0.4 is 0 Å². The van der Waals surface area contributed by atoms with Crippen LogP contribution in [0.3, 0.4) is 0 Å². The molecule has 2 fully saturated rings. The number of carbonyl (C=O) groups excluding carboxylic acids is 1. The summed E-state index contributed by atoms with van der Waals surface area (Å²) in [6.07, 6.45) is 3.82. The van der Waals surface area contributed by atoms with Crippen molar-refractivity contribution >= 4 is 5.91 Å². The molecule has 1 N–H and O–H groups in total. The van der Waals surface area contributed by atoms with E-state index in [0.29, 0.717) is 5.56 Å². The first-order valence-electron chi connectivity index (χ1n) is 10.3. The lowest BCUT2D eigenvalue weighted by Crippen LogP contribution is -2.66. The second kappa shape index (κ2) is 8.69. The van der Waals surface area contributed by atoms with Crippen molar-refractivity contribution in [3.63, 3.8) is 0 Å². The molecule has 2 aliphatic rings. The van der Waals surface area contributed by atoms with Gasteiger partial charge in [0.2, 0.25) is 5.91 Å². The lowest BCUT2D eigenvalue weighted by atomic mass is 9.75. The van der Waals surface area contributed by atoms with Crippen LogP contribution in [0, 0.1) is 34.9 Å². The normalized spacial score (nSPS) is 23.2. The standard InChI is InChI=1S/C25H23FN2O2/c26-21-8-4-3-5-18(21)12-9-17-10-13-19(14-11-17)24-22(15-27)28(23(24)16-29)25(30)20-6-1-2-7-20/h3-5,8,10-11,13-14,20,22-24,29H,1-2,6-7,16H2/t22-,23-,24-/m1/s1. The molecular weight excluding hydrogens is 379 g/mol. The average Bonchev–Trinajstić information content (AvgIpc) is 3.29. The van der Waals surface area contributed by atoms with Gasteiger partial charge in [0.25, 0.3) is 0 Å². The maximum Gasteiger partial charge on any atom is 0.227 e. The Kier molecular flexibility index (Phi) is 5.84. The monoisotopic (exact) mass is 402 g/mol. The highest BCUT2D eigenvalue weighted by atomic mass is 19.1. The molecule has 0 aromatic heterocycles. The minimum Gasteiger partial charge on any atom is -0.394 e. The van der Waals surface area contributed by atoms with Crippen LogP contribution in [0.2, 0.25) is 0 Å². The van der Waals surface area contributed by atoms with Crippen LogP contribution in [0.5, 0.6) is 0 Å². The molecule has 4 rings (SSSR count). The van der Waals surface area contributed by atoms with Gasteiger partial charge < -0.3 is 10.0 Å². The van der Waals surface area contributed by atoms with Gasteiger partial charge in [-0.1, -0.05) is 48.9 Å². The molecule has 152 valence electrons. The predicted molar refractivity (Wildman–Crippen MR) is 111 cm³/mol. The van der Waals surface area contributed by atoms with E-state index in [1.165, 1.54) is 6.07 Å². The molecule has 1 saturated carbocycles. The summed E-state index contributed by atoms with van der Waals surface area (Å²) in [4.78, 5) is 14.4. The van der Waals surface area contributed by atoms with E-state index in [0.717, 1.165) is 36.8 Å². The molecule has 3 atom stereocenters. The summed E-state index contributed by atoms with van der Waals surface area (Å²) in [5.41, 5.74) is 1.97. The van der Waals surface area contributed by atoms with Gasteiger partial charge in [0, 0.05) is 17.4 Å². The Balaban J connectivity index is 1.52. The van der Waals surface area contributed by atoms with Crippen molar-refractivity contribution in [2.45, 2.75) is 43.7 Å². The molecule has 0 radical (unpaired) electrons. The minimum atomic E-state index is -0.564. The van der Waals surface area contributed by atoms with Gasteiger partial charge in [0.05, 0.1) is 24.3 Å². The zero-order valence-corrected chi connectivity index (χ0v) is 16.6. The van der Waals surface area contributed by atoms with E-state index in [2.05, 4.69) is 17.9 Å². The smallest absolute Gasteiger partial charge is 0.227 e. The molecule has 1 saturated heterocycles. The number of halogens is 1. The van der Waals surface area contributed by atoms with E-state index in [4.69, 9.17) is 0 Å². The molecule has 30 heavy (non-hydrogen) atoms. The third-order valence-electron chi connectivity index (χ3n) is 6.20. The van der Waals surface area contributed by atoms with Crippen LogP contribution in [-0.4, -0.2) is 34.6 Å². The number of benzene rings is 2. The molecule has 1 amide bonds. The molecule has 0 unspecified atom stereocenters. The van der Waals surface area contributed by atoms with E-state index in [9.17, 15) is 19.6 Å². The summed E-state index contributed by atoms with van der Waals surface area (Å²) in [6, 6.07) is 15.1. The Bertz CT molecular complexity index is 1030. The molecule has 2 aromatic carbocycles. The van der Waals surface area contributed by atoms with Crippen LogP contribution in [0.1, 0.15) is 48.3 Å². The number of rotatable bonds is 3. The van der Waals surface area contributed by atoms with Crippen molar-refractivity contribution in [1.29, 1.82) is 5.26 Å². The topological polar surface area (TPSA) is 64.3 Å². The van der Waals surface area contributed by atoms with Crippen LogP contribution >= 0.6 is 0 Å². The molecule has 0 spiro atoms. The second-order valence-electron chi connectivity index (χ2n) is 7.93. The van der Waals surface area contributed by atoms with E-state index in [1.54, 1.807) is 23.1 Å². The van der Waals surface area contributed by atoms with Gasteiger partial charge in [0.15, 0.2) is 0 Å². The Labute approximate surface area is 175 Å². The maximum absolute atomic E-state index is 13.7. The van der Waals surface area contributed by atoms with Crippen LogP contribution in [0.25, 0.3) is 0 Å². The molecular formula is C25H23FN2O2. The van der Waals surface area contributed by atoms with Crippen LogP contribution in [0.4, 0.5) is 4.39 Å². The quantitative estimate of drug-likeness (QED) is 0.798. The summed E-state index contributed by atoms with van der Waals surface area (Å²) in [5.74, 6) is 5.18. The molecule has 2 aromatic rings. The Morgan fingerprint density at radius 3 is 2.43 bits per heavy atom. The van der Waals surface area contributed by atoms with Crippen molar-refractivity contribution in [2.24, 2.45) is 5.92 Å². The summed E-state index contributed by atoms with van der Waals surface area (Å²) >= 11 is 0. The Hall–Kier alpha value is -3.15. The first-order valence-corrected chi connectivity index (χ1v) is 10.3. The predicted octanol–water partition coefficient (Wildman–Crippen LogP) is 3.59. The number of hydrogen-bond acceptors (Lipinski definition) is 3. The fourth-order valence-corrected chi connectivity index (χ4v) is 4.58. The molecule has 1 heterocycles. The van der Waals surface area contributed by atoms with Crippen molar-refractivity contribution in [3.05, 3.63) is 71.0 Å². The van der Waals surface area contributed by atoms with Crippen molar-refractivity contribution < 1.29 is 14.3 Å². The molecule has 1 aliphatic carbocycles. The number of nitrogens with zero attached hydrogens (tertiary/aromatic N) is 2. The largest absolute Gasteiger partial charge is 0.394 e. The first kappa shape index (κ1) is 20.1. The summed E-state index contributed by atoms with van der Waals surface area (Å²) in [7, 11) is 0. The van der Waals surface area contributed by atoms with Crippen molar-refractivity contribution in [1.82, 2.24) is 4.90 Å². The summed E-state index contributed by atoms with van der Waals surface area (Å²) in [6.45, 7) is -0.170. The number of carbonyl (C=O) groups is 1. The molecule has 4 nitrogen and oxygen atoms in total.